The third-order valence-electron chi connectivity index (χ3n) is 1.53. The maximum atomic E-state index is 11.0. The first kappa shape index (κ1) is 10.2. The van der Waals surface area contributed by atoms with Gasteiger partial charge in [0.05, 0.1) is 6.04 Å². The maximum Gasteiger partial charge on any atom is 0.312 e. The Kier molecular flexibility index (Phi) is 3.16. The van der Waals surface area contributed by atoms with E-state index < -0.39 is 18.3 Å². The van der Waals surface area contributed by atoms with E-state index in [1.54, 1.807) is 6.92 Å². The lowest BCUT2D eigenvalue weighted by Crippen LogP contribution is -2.29. The van der Waals surface area contributed by atoms with Crippen LogP contribution in [0.1, 0.15) is 25.2 Å². The largest absolute Gasteiger partial charge is 0.481 e. The average molecular weight is 198 g/mol. The van der Waals surface area contributed by atoms with Gasteiger partial charge in [-0.2, -0.15) is 5.10 Å². The molecule has 1 atom stereocenters. The summed E-state index contributed by atoms with van der Waals surface area (Å²) >= 11 is 0. The Balaban J connectivity index is 2.45. The molecule has 0 aromatic carbocycles. The van der Waals surface area contributed by atoms with Gasteiger partial charge in [0.1, 0.15) is 18.6 Å². The fourth-order valence-electron chi connectivity index (χ4n) is 0.922. The molecule has 0 aliphatic rings. The third-order valence-corrected chi connectivity index (χ3v) is 1.53. The van der Waals surface area contributed by atoms with E-state index in [1.807, 2.05) is 0 Å². The summed E-state index contributed by atoms with van der Waals surface area (Å²) in [6.07, 6.45) is 0.771. The smallest absolute Gasteiger partial charge is 0.312 e. The second kappa shape index (κ2) is 4.35. The van der Waals surface area contributed by atoms with Crippen LogP contribution in [0.4, 0.5) is 0 Å². The molecule has 0 saturated heterocycles. The van der Waals surface area contributed by atoms with Crippen molar-refractivity contribution in [2.75, 3.05) is 0 Å². The van der Waals surface area contributed by atoms with Crippen LogP contribution in [0.3, 0.4) is 0 Å². The summed E-state index contributed by atoms with van der Waals surface area (Å²) in [5, 5.41) is 17.0. The van der Waals surface area contributed by atoms with Gasteiger partial charge in [-0.05, 0) is 6.92 Å². The summed E-state index contributed by atoms with van der Waals surface area (Å²) < 4.78 is 0. The lowest BCUT2D eigenvalue weighted by Gasteiger charge is -2.09. The SMILES string of the molecule is CC(NC(=O)CC(=O)O)c1ncn[nH]1. The molecule has 1 aromatic heterocycles. The number of aromatic amines is 1. The van der Waals surface area contributed by atoms with Gasteiger partial charge < -0.3 is 10.4 Å². The van der Waals surface area contributed by atoms with E-state index in [1.165, 1.54) is 6.33 Å². The van der Waals surface area contributed by atoms with E-state index in [4.69, 9.17) is 5.11 Å². The van der Waals surface area contributed by atoms with Gasteiger partial charge in [-0.25, -0.2) is 4.98 Å². The molecule has 0 saturated carbocycles. The van der Waals surface area contributed by atoms with Gasteiger partial charge in [-0.15, -0.1) is 0 Å². The Labute approximate surface area is 79.5 Å². The quantitative estimate of drug-likeness (QED) is 0.563. The van der Waals surface area contributed by atoms with Crippen molar-refractivity contribution in [3.05, 3.63) is 12.2 Å². The summed E-state index contributed by atoms with van der Waals surface area (Å²) in [7, 11) is 0. The van der Waals surface area contributed by atoms with Gasteiger partial charge in [0.25, 0.3) is 0 Å². The molecular weight excluding hydrogens is 188 g/mol. The number of H-pyrrole nitrogens is 1. The zero-order valence-electron chi connectivity index (χ0n) is 7.52. The number of carbonyl (C=O) groups excluding carboxylic acids is 1. The first-order chi connectivity index (χ1) is 6.59. The number of aliphatic carboxylic acids is 1. The fourth-order valence-corrected chi connectivity index (χ4v) is 0.922. The van der Waals surface area contributed by atoms with Gasteiger partial charge in [0.15, 0.2) is 0 Å². The lowest BCUT2D eigenvalue weighted by atomic mass is 10.3. The molecule has 1 heterocycles. The highest BCUT2D eigenvalue weighted by Crippen LogP contribution is 2.03. The summed E-state index contributed by atoms with van der Waals surface area (Å²) in [5.41, 5.74) is 0. The van der Waals surface area contributed by atoms with Crippen LogP contribution in [-0.4, -0.2) is 32.2 Å². The number of carboxylic acids is 1. The van der Waals surface area contributed by atoms with Crippen molar-refractivity contribution in [2.45, 2.75) is 19.4 Å². The van der Waals surface area contributed by atoms with Crippen LogP contribution in [0.15, 0.2) is 6.33 Å². The number of hydrogen-bond acceptors (Lipinski definition) is 4. The molecule has 1 amide bonds. The Morgan fingerprint density at radius 1 is 1.71 bits per heavy atom. The second-order valence-electron chi connectivity index (χ2n) is 2.73. The number of nitrogens with zero attached hydrogens (tertiary/aromatic N) is 2. The predicted molar refractivity (Wildman–Crippen MR) is 45.2 cm³/mol. The zero-order valence-corrected chi connectivity index (χ0v) is 7.52. The molecular formula is C7H10N4O3. The van der Waals surface area contributed by atoms with Crippen LogP contribution in [-0.2, 0) is 9.59 Å². The topological polar surface area (TPSA) is 108 Å². The molecule has 0 aliphatic carbocycles. The molecule has 0 spiro atoms. The molecule has 0 radical (unpaired) electrons. The van der Waals surface area contributed by atoms with Crippen molar-refractivity contribution in [3.8, 4) is 0 Å². The molecule has 0 fully saturated rings. The van der Waals surface area contributed by atoms with E-state index in [0.717, 1.165) is 0 Å². The van der Waals surface area contributed by atoms with E-state index in [9.17, 15) is 9.59 Å². The van der Waals surface area contributed by atoms with Crippen LogP contribution in [0.2, 0.25) is 0 Å². The average Bonchev–Trinajstić information content (AvgIpc) is 2.53. The molecule has 3 N–H and O–H groups in total. The van der Waals surface area contributed by atoms with Crippen LogP contribution in [0.25, 0.3) is 0 Å². The van der Waals surface area contributed by atoms with Crippen LogP contribution >= 0.6 is 0 Å². The Morgan fingerprint density at radius 3 is 2.93 bits per heavy atom. The Morgan fingerprint density at radius 2 is 2.43 bits per heavy atom. The van der Waals surface area contributed by atoms with Crippen LogP contribution in [0, 0.1) is 0 Å². The van der Waals surface area contributed by atoms with Gasteiger partial charge in [-0.3, -0.25) is 14.7 Å². The highest BCUT2D eigenvalue weighted by molar-refractivity contribution is 5.93. The summed E-state index contributed by atoms with van der Waals surface area (Å²) in [6.45, 7) is 1.68. The standard InChI is InChI=1S/C7H10N4O3/c1-4(7-8-3-9-11-7)10-5(12)2-6(13)14/h3-4H,2H2,1H3,(H,10,12)(H,13,14)(H,8,9,11). The molecule has 1 unspecified atom stereocenters. The molecule has 0 aliphatic heterocycles. The van der Waals surface area contributed by atoms with E-state index in [2.05, 4.69) is 20.5 Å². The van der Waals surface area contributed by atoms with Gasteiger partial charge in [-0.1, -0.05) is 0 Å². The summed E-state index contributed by atoms with van der Waals surface area (Å²) in [6, 6.07) is -0.371. The predicted octanol–water partition coefficient (Wildman–Crippen LogP) is -0.543. The van der Waals surface area contributed by atoms with E-state index in [0.29, 0.717) is 5.82 Å². The molecule has 7 nitrogen and oxygen atoms in total. The summed E-state index contributed by atoms with van der Waals surface area (Å²) in [4.78, 5) is 25.0. The number of hydrogen-bond donors (Lipinski definition) is 3. The number of nitrogens with one attached hydrogen (secondary N) is 2. The van der Waals surface area contributed by atoms with E-state index in [-0.39, 0.29) is 6.04 Å². The summed E-state index contributed by atoms with van der Waals surface area (Å²) in [5.74, 6) is -1.22. The van der Waals surface area contributed by atoms with Crippen molar-refractivity contribution >= 4 is 11.9 Å². The second-order valence-corrected chi connectivity index (χ2v) is 2.73. The molecule has 1 rings (SSSR count). The minimum atomic E-state index is -1.16. The molecule has 7 heteroatoms. The number of rotatable bonds is 4. The minimum Gasteiger partial charge on any atom is -0.481 e. The van der Waals surface area contributed by atoms with Crippen molar-refractivity contribution in [1.29, 1.82) is 0 Å². The Bertz CT molecular complexity index is 322. The molecule has 14 heavy (non-hydrogen) atoms. The lowest BCUT2D eigenvalue weighted by molar-refractivity contribution is -0.140. The maximum absolute atomic E-state index is 11.0. The zero-order chi connectivity index (χ0) is 10.6. The van der Waals surface area contributed by atoms with Crippen molar-refractivity contribution in [2.24, 2.45) is 0 Å². The first-order valence-corrected chi connectivity index (χ1v) is 3.96. The highest BCUT2D eigenvalue weighted by Gasteiger charge is 2.13. The van der Waals surface area contributed by atoms with Crippen LogP contribution < -0.4 is 5.32 Å². The van der Waals surface area contributed by atoms with Gasteiger partial charge >= 0.3 is 5.97 Å². The Hall–Kier alpha value is -1.92. The van der Waals surface area contributed by atoms with E-state index >= 15 is 0 Å². The minimum absolute atomic E-state index is 0.371. The highest BCUT2D eigenvalue weighted by atomic mass is 16.4. The normalized spacial score (nSPS) is 12.1. The molecule has 76 valence electrons. The van der Waals surface area contributed by atoms with Crippen molar-refractivity contribution < 1.29 is 14.7 Å². The first-order valence-electron chi connectivity index (χ1n) is 3.96. The third kappa shape index (κ3) is 2.85. The number of carbonyl (C=O) groups is 2. The number of amides is 1. The van der Waals surface area contributed by atoms with Crippen molar-refractivity contribution in [3.63, 3.8) is 0 Å². The van der Waals surface area contributed by atoms with Gasteiger partial charge in [0.2, 0.25) is 5.91 Å². The number of aromatic nitrogens is 3. The van der Waals surface area contributed by atoms with Gasteiger partial charge in [0, 0.05) is 0 Å². The number of carboxylic acid groups (broad SMARTS) is 1. The van der Waals surface area contributed by atoms with Crippen LogP contribution in [0.5, 0.6) is 0 Å². The molecule has 0 bridgehead atoms. The monoisotopic (exact) mass is 198 g/mol. The molecule has 1 aromatic rings. The fraction of sp³-hybridized carbons (Fsp3) is 0.429. The van der Waals surface area contributed by atoms with Crippen molar-refractivity contribution in [1.82, 2.24) is 20.5 Å².